The summed E-state index contributed by atoms with van der Waals surface area (Å²) in [5, 5.41) is 0. The number of rotatable bonds is 4. The monoisotopic (exact) mass is 374 g/mol. The van der Waals surface area contributed by atoms with Crippen molar-refractivity contribution in [3.8, 4) is 5.75 Å². The Labute approximate surface area is 142 Å². The molecule has 0 spiro atoms. The van der Waals surface area contributed by atoms with E-state index in [1.165, 1.54) is 11.8 Å². The molecule has 0 aliphatic carbocycles. The van der Waals surface area contributed by atoms with Crippen molar-refractivity contribution in [3.63, 3.8) is 0 Å². The number of carbonyl (C=O) groups excluding carboxylic acids is 1. The van der Waals surface area contributed by atoms with Crippen LogP contribution in [0.15, 0.2) is 56.7 Å². The highest BCUT2D eigenvalue weighted by molar-refractivity contribution is 9.10. The molecule has 0 N–H and O–H groups in total. The Bertz CT molecular complexity index is 753. The average molecular weight is 375 g/mol. The maximum absolute atomic E-state index is 12.4. The lowest BCUT2D eigenvalue weighted by molar-refractivity contribution is 0.104. The molecule has 0 saturated carbocycles. The van der Waals surface area contributed by atoms with Gasteiger partial charge >= 0.3 is 0 Å². The molecule has 1 heterocycles. The molecule has 1 aliphatic rings. The molecular weight excluding hydrogens is 360 g/mol. The van der Waals surface area contributed by atoms with E-state index in [-0.39, 0.29) is 5.78 Å². The van der Waals surface area contributed by atoms with Gasteiger partial charge in [0.2, 0.25) is 5.78 Å². The fourth-order valence-corrected chi connectivity index (χ4v) is 3.79. The van der Waals surface area contributed by atoms with Gasteiger partial charge in [-0.3, -0.25) is 4.79 Å². The van der Waals surface area contributed by atoms with Gasteiger partial charge in [-0.15, -0.1) is 0 Å². The van der Waals surface area contributed by atoms with E-state index in [2.05, 4.69) is 22.9 Å². The molecule has 0 atom stereocenters. The van der Waals surface area contributed by atoms with Crippen LogP contribution in [0.2, 0.25) is 0 Å². The first-order chi connectivity index (χ1) is 10.7. The summed E-state index contributed by atoms with van der Waals surface area (Å²) in [5.74, 6) is 0.931. The molecule has 2 aromatic carbocycles. The van der Waals surface area contributed by atoms with E-state index in [1.807, 2.05) is 48.5 Å². The van der Waals surface area contributed by atoms with Crippen molar-refractivity contribution in [2.75, 3.05) is 6.61 Å². The first-order valence-electron chi connectivity index (χ1n) is 7.14. The van der Waals surface area contributed by atoms with Gasteiger partial charge in [-0.2, -0.15) is 0 Å². The molecule has 0 saturated heterocycles. The number of ether oxygens (including phenoxy) is 1. The second-order valence-corrected chi connectivity index (χ2v) is 6.91. The van der Waals surface area contributed by atoms with Crippen LogP contribution in [0.5, 0.6) is 5.75 Å². The molecule has 2 nitrogen and oxygen atoms in total. The summed E-state index contributed by atoms with van der Waals surface area (Å²) in [4.78, 5) is 14.2. The molecular formula is C18H15BrO2S. The number of hydrogen-bond acceptors (Lipinski definition) is 3. The van der Waals surface area contributed by atoms with Gasteiger partial charge in [-0.05, 0) is 58.3 Å². The summed E-state index contributed by atoms with van der Waals surface area (Å²) in [6.07, 6.45) is 2.91. The van der Waals surface area contributed by atoms with Crippen LogP contribution in [0, 0.1) is 0 Å². The minimum absolute atomic E-state index is 0.100. The van der Waals surface area contributed by atoms with Crippen molar-refractivity contribution in [1.29, 1.82) is 0 Å². The summed E-state index contributed by atoms with van der Waals surface area (Å²) in [5.41, 5.74) is 1.78. The topological polar surface area (TPSA) is 26.3 Å². The predicted molar refractivity (Wildman–Crippen MR) is 94.5 cm³/mol. The van der Waals surface area contributed by atoms with Crippen molar-refractivity contribution in [3.05, 3.63) is 63.0 Å². The second-order valence-electron chi connectivity index (χ2n) is 4.97. The molecule has 22 heavy (non-hydrogen) atoms. The number of halogens is 1. The minimum Gasteiger partial charge on any atom is -0.492 e. The zero-order valence-electron chi connectivity index (χ0n) is 12.1. The number of hydrogen-bond donors (Lipinski definition) is 0. The molecule has 0 unspecified atom stereocenters. The van der Waals surface area contributed by atoms with Gasteiger partial charge in [0.05, 0.1) is 16.0 Å². The van der Waals surface area contributed by atoms with Gasteiger partial charge < -0.3 is 4.74 Å². The highest BCUT2D eigenvalue weighted by atomic mass is 79.9. The summed E-state index contributed by atoms with van der Waals surface area (Å²) < 4.78 is 6.55. The predicted octanol–water partition coefficient (Wildman–Crippen LogP) is 5.57. The number of benzene rings is 2. The first-order valence-corrected chi connectivity index (χ1v) is 8.75. The Morgan fingerprint density at radius 3 is 2.77 bits per heavy atom. The zero-order chi connectivity index (χ0) is 15.5. The molecule has 0 radical (unpaired) electrons. The highest BCUT2D eigenvalue weighted by Crippen LogP contribution is 2.41. The Morgan fingerprint density at radius 2 is 2.05 bits per heavy atom. The Balaban J connectivity index is 1.85. The molecule has 112 valence electrons. The smallest absolute Gasteiger partial charge is 0.200 e. The van der Waals surface area contributed by atoms with E-state index in [0.717, 1.165) is 37.6 Å². The van der Waals surface area contributed by atoms with E-state index in [4.69, 9.17) is 4.74 Å². The fourth-order valence-electron chi connectivity index (χ4n) is 2.22. The van der Waals surface area contributed by atoms with Crippen LogP contribution in [-0.2, 0) is 0 Å². The molecule has 0 aromatic heterocycles. The Kier molecular flexibility index (Phi) is 4.69. The van der Waals surface area contributed by atoms with Gasteiger partial charge in [0.15, 0.2) is 0 Å². The summed E-state index contributed by atoms with van der Waals surface area (Å²) in [6, 6.07) is 13.6. The van der Waals surface area contributed by atoms with Crippen molar-refractivity contribution in [1.82, 2.24) is 0 Å². The van der Waals surface area contributed by atoms with Gasteiger partial charge in [0.1, 0.15) is 5.75 Å². The summed E-state index contributed by atoms with van der Waals surface area (Å²) >= 11 is 5.05. The van der Waals surface area contributed by atoms with Crippen LogP contribution in [0.1, 0.15) is 29.3 Å². The van der Waals surface area contributed by atoms with Crippen molar-refractivity contribution in [2.24, 2.45) is 0 Å². The third-order valence-corrected chi connectivity index (χ3v) is 5.01. The van der Waals surface area contributed by atoms with E-state index < -0.39 is 0 Å². The van der Waals surface area contributed by atoms with E-state index in [9.17, 15) is 4.79 Å². The molecule has 1 aliphatic heterocycles. The lowest BCUT2D eigenvalue weighted by atomic mass is 10.1. The standard InChI is InChI=1S/C18H15BrO2S/c1-2-9-21-15-8-7-12(10-14(15)19)11-17-18(20)13-5-3-4-6-16(13)22-17/h3-8,10-11H,2,9H2,1H3/b17-11+. The lowest BCUT2D eigenvalue weighted by Gasteiger charge is -2.07. The first kappa shape index (κ1) is 15.4. The Morgan fingerprint density at radius 1 is 1.23 bits per heavy atom. The molecule has 0 bridgehead atoms. The normalized spacial score (nSPS) is 15.2. The van der Waals surface area contributed by atoms with Crippen LogP contribution in [0.25, 0.3) is 6.08 Å². The van der Waals surface area contributed by atoms with E-state index >= 15 is 0 Å². The number of thioether (sulfide) groups is 1. The SMILES string of the molecule is CCCOc1ccc(/C=C2/Sc3ccccc3C2=O)cc1Br. The zero-order valence-corrected chi connectivity index (χ0v) is 14.5. The van der Waals surface area contributed by atoms with Crippen molar-refractivity contribution >= 4 is 39.6 Å². The quantitative estimate of drug-likeness (QED) is 0.654. The van der Waals surface area contributed by atoms with Gasteiger partial charge in [0.25, 0.3) is 0 Å². The highest BCUT2D eigenvalue weighted by Gasteiger charge is 2.25. The van der Waals surface area contributed by atoms with E-state index in [0.29, 0.717) is 6.61 Å². The van der Waals surface area contributed by atoms with Gasteiger partial charge in [0, 0.05) is 10.5 Å². The van der Waals surface area contributed by atoms with Crippen LogP contribution < -0.4 is 4.74 Å². The number of fused-ring (bicyclic) bond motifs is 1. The third-order valence-electron chi connectivity index (χ3n) is 3.29. The molecule has 4 heteroatoms. The largest absolute Gasteiger partial charge is 0.492 e. The van der Waals surface area contributed by atoms with E-state index in [1.54, 1.807) is 0 Å². The molecule has 0 amide bonds. The van der Waals surface area contributed by atoms with Crippen LogP contribution in [0.4, 0.5) is 0 Å². The second kappa shape index (κ2) is 6.71. The number of carbonyl (C=O) groups is 1. The van der Waals surface area contributed by atoms with Crippen LogP contribution >= 0.6 is 27.7 Å². The van der Waals surface area contributed by atoms with Gasteiger partial charge in [-0.25, -0.2) is 0 Å². The summed E-state index contributed by atoms with van der Waals surface area (Å²) in [7, 11) is 0. The Hall–Kier alpha value is -1.52. The van der Waals surface area contributed by atoms with Gasteiger partial charge in [-0.1, -0.05) is 36.9 Å². The minimum atomic E-state index is 0.100. The lowest BCUT2D eigenvalue weighted by Crippen LogP contribution is -1.96. The molecule has 2 aromatic rings. The molecule has 0 fully saturated rings. The van der Waals surface area contributed by atoms with Crippen molar-refractivity contribution < 1.29 is 9.53 Å². The third kappa shape index (κ3) is 3.13. The maximum Gasteiger partial charge on any atom is 0.200 e. The number of Topliss-reactive ketones (excluding diaryl/α,β-unsaturated/α-hetero) is 1. The fraction of sp³-hybridized carbons (Fsp3) is 0.167. The summed E-state index contributed by atoms with van der Waals surface area (Å²) in [6.45, 7) is 2.77. The van der Waals surface area contributed by atoms with Crippen LogP contribution in [0.3, 0.4) is 0 Å². The van der Waals surface area contributed by atoms with Crippen molar-refractivity contribution in [2.45, 2.75) is 18.2 Å². The molecule has 3 rings (SSSR count). The maximum atomic E-state index is 12.4. The number of ketones is 1. The average Bonchev–Trinajstić information content (AvgIpc) is 2.83. The number of allylic oxidation sites excluding steroid dienone is 1. The van der Waals surface area contributed by atoms with Crippen LogP contribution in [-0.4, -0.2) is 12.4 Å².